The summed E-state index contributed by atoms with van der Waals surface area (Å²) in [6.45, 7) is 2.58. The molecule has 2 rings (SSSR count). The SMILES string of the molecule is Cl.Clc1cccc(COCC2CCCCN2)c1. The quantitative estimate of drug-likeness (QED) is 0.909. The van der Waals surface area contributed by atoms with E-state index in [-0.39, 0.29) is 12.4 Å². The fourth-order valence-corrected chi connectivity index (χ4v) is 2.22. The molecule has 2 nitrogen and oxygen atoms in total. The summed E-state index contributed by atoms with van der Waals surface area (Å²) >= 11 is 5.90. The Hall–Kier alpha value is -0.280. The Morgan fingerprint density at radius 2 is 2.24 bits per heavy atom. The summed E-state index contributed by atoms with van der Waals surface area (Å²) in [6, 6.07) is 8.37. The first kappa shape index (κ1) is 14.8. The lowest BCUT2D eigenvalue weighted by Crippen LogP contribution is -2.37. The molecule has 1 unspecified atom stereocenters. The van der Waals surface area contributed by atoms with Gasteiger partial charge in [-0.1, -0.05) is 30.2 Å². The van der Waals surface area contributed by atoms with Crippen LogP contribution in [-0.2, 0) is 11.3 Å². The predicted octanol–water partition coefficient (Wildman–Crippen LogP) is 3.42. The van der Waals surface area contributed by atoms with E-state index in [0.717, 1.165) is 23.7 Å². The molecule has 1 atom stereocenters. The van der Waals surface area contributed by atoms with Crippen molar-refractivity contribution in [2.45, 2.75) is 31.9 Å². The third-order valence-corrected chi connectivity index (χ3v) is 3.12. The monoisotopic (exact) mass is 275 g/mol. The minimum absolute atomic E-state index is 0. The predicted molar refractivity (Wildman–Crippen MR) is 74.0 cm³/mol. The molecule has 96 valence electrons. The average Bonchev–Trinajstić information content (AvgIpc) is 2.30. The first-order valence-electron chi connectivity index (χ1n) is 5.90. The smallest absolute Gasteiger partial charge is 0.0718 e. The normalized spacial score (nSPS) is 19.7. The first-order chi connectivity index (χ1) is 7.84. The Kier molecular flexibility index (Phi) is 6.90. The van der Waals surface area contributed by atoms with Crippen molar-refractivity contribution >= 4 is 24.0 Å². The molecule has 1 aromatic carbocycles. The van der Waals surface area contributed by atoms with Gasteiger partial charge in [-0.05, 0) is 37.1 Å². The summed E-state index contributed by atoms with van der Waals surface area (Å²) in [6.07, 6.45) is 3.85. The first-order valence-corrected chi connectivity index (χ1v) is 6.28. The van der Waals surface area contributed by atoms with Crippen LogP contribution >= 0.6 is 24.0 Å². The molecular weight excluding hydrogens is 257 g/mol. The summed E-state index contributed by atoms with van der Waals surface area (Å²) in [5.41, 5.74) is 1.14. The largest absolute Gasteiger partial charge is 0.375 e. The number of hydrogen-bond acceptors (Lipinski definition) is 2. The lowest BCUT2D eigenvalue weighted by molar-refractivity contribution is 0.0911. The van der Waals surface area contributed by atoms with E-state index >= 15 is 0 Å². The van der Waals surface area contributed by atoms with Gasteiger partial charge < -0.3 is 10.1 Å². The topological polar surface area (TPSA) is 21.3 Å². The molecule has 0 saturated carbocycles. The van der Waals surface area contributed by atoms with Crippen molar-refractivity contribution in [2.24, 2.45) is 0 Å². The van der Waals surface area contributed by atoms with E-state index in [1.807, 2.05) is 24.3 Å². The highest BCUT2D eigenvalue weighted by atomic mass is 35.5. The molecule has 1 N–H and O–H groups in total. The van der Waals surface area contributed by atoms with Gasteiger partial charge in [0.25, 0.3) is 0 Å². The van der Waals surface area contributed by atoms with E-state index in [1.54, 1.807) is 0 Å². The second kappa shape index (κ2) is 7.93. The van der Waals surface area contributed by atoms with Gasteiger partial charge >= 0.3 is 0 Å². The molecule has 1 saturated heterocycles. The van der Waals surface area contributed by atoms with Crippen molar-refractivity contribution in [3.05, 3.63) is 34.9 Å². The van der Waals surface area contributed by atoms with Gasteiger partial charge in [-0.25, -0.2) is 0 Å². The molecule has 0 radical (unpaired) electrons. The molecule has 1 aliphatic rings. The van der Waals surface area contributed by atoms with Crippen LogP contribution in [0.4, 0.5) is 0 Å². The van der Waals surface area contributed by atoms with Gasteiger partial charge in [-0.15, -0.1) is 12.4 Å². The number of benzene rings is 1. The average molecular weight is 276 g/mol. The van der Waals surface area contributed by atoms with Gasteiger partial charge in [-0.3, -0.25) is 0 Å². The van der Waals surface area contributed by atoms with Gasteiger partial charge in [-0.2, -0.15) is 0 Å². The van der Waals surface area contributed by atoms with Crippen LogP contribution in [0.5, 0.6) is 0 Å². The molecule has 0 aromatic heterocycles. The number of halogens is 2. The van der Waals surface area contributed by atoms with Gasteiger partial charge in [0.1, 0.15) is 0 Å². The van der Waals surface area contributed by atoms with Gasteiger partial charge in [0.2, 0.25) is 0 Å². The molecule has 0 bridgehead atoms. The summed E-state index contributed by atoms with van der Waals surface area (Å²) in [5, 5.41) is 4.24. The molecule has 1 aromatic rings. The zero-order valence-electron chi connectivity index (χ0n) is 9.82. The highest BCUT2D eigenvalue weighted by Gasteiger charge is 2.11. The summed E-state index contributed by atoms with van der Waals surface area (Å²) in [7, 11) is 0. The zero-order chi connectivity index (χ0) is 11.2. The Morgan fingerprint density at radius 3 is 2.94 bits per heavy atom. The van der Waals surface area contributed by atoms with Crippen LogP contribution < -0.4 is 5.32 Å². The van der Waals surface area contributed by atoms with Crippen LogP contribution in [0.3, 0.4) is 0 Å². The number of rotatable bonds is 4. The van der Waals surface area contributed by atoms with Crippen molar-refractivity contribution in [1.82, 2.24) is 5.32 Å². The van der Waals surface area contributed by atoms with Crippen LogP contribution in [0.15, 0.2) is 24.3 Å². The maximum absolute atomic E-state index is 5.90. The van der Waals surface area contributed by atoms with Crippen molar-refractivity contribution in [1.29, 1.82) is 0 Å². The third kappa shape index (κ3) is 5.26. The summed E-state index contributed by atoms with van der Waals surface area (Å²) < 4.78 is 5.69. The molecular formula is C13H19Cl2NO. The highest BCUT2D eigenvalue weighted by molar-refractivity contribution is 6.30. The van der Waals surface area contributed by atoms with E-state index in [9.17, 15) is 0 Å². The van der Waals surface area contributed by atoms with Crippen LogP contribution in [0.2, 0.25) is 5.02 Å². The van der Waals surface area contributed by atoms with E-state index in [0.29, 0.717) is 12.6 Å². The fourth-order valence-electron chi connectivity index (χ4n) is 2.01. The summed E-state index contributed by atoms with van der Waals surface area (Å²) in [5.74, 6) is 0. The third-order valence-electron chi connectivity index (χ3n) is 2.89. The maximum atomic E-state index is 5.90. The van der Waals surface area contributed by atoms with Gasteiger partial charge in [0.05, 0.1) is 13.2 Å². The van der Waals surface area contributed by atoms with Crippen molar-refractivity contribution < 1.29 is 4.74 Å². The Morgan fingerprint density at radius 1 is 1.35 bits per heavy atom. The summed E-state index contributed by atoms with van der Waals surface area (Å²) in [4.78, 5) is 0. The second-order valence-electron chi connectivity index (χ2n) is 4.29. The number of piperidine rings is 1. The standard InChI is InChI=1S/C13H18ClNO.ClH/c14-12-5-3-4-11(8-12)9-16-10-13-6-1-2-7-15-13;/h3-5,8,13,15H,1-2,6-7,9-10H2;1H. The molecule has 0 spiro atoms. The number of hydrogen-bond donors (Lipinski definition) is 1. The zero-order valence-corrected chi connectivity index (χ0v) is 11.4. The molecule has 0 aliphatic carbocycles. The van der Waals surface area contributed by atoms with Gasteiger partial charge in [0.15, 0.2) is 0 Å². The second-order valence-corrected chi connectivity index (χ2v) is 4.73. The molecule has 17 heavy (non-hydrogen) atoms. The number of ether oxygens (including phenoxy) is 1. The molecule has 1 aliphatic heterocycles. The Labute approximate surface area is 114 Å². The molecule has 1 fully saturated rings. The highest BCUT2D eigenvalue weighted by Crippen LogP contribution is 2.12. The Balaban J connectivity index is 0.00000144. The minimum Gasteiger partial charge on any atom is -0.375 e. The minimum atomic E-state index is 0. The van der Waals surface area contributed by atoms with Crippen molar-refractivity contribution in [2.75, 3.05) is 13.2 Å². The lowest BCUT2D eigenvalue weighted by Gasteiger charge is -2.23. The van der Waals surface area contributed by atoms with Crippen molar-refractivity contribution in [3.8, 4) is 0 Å². The van der Waals surface area contributed by atoms with Crippen molar-refractivity contribution in [3.63, 3.8) is 0 Å². The van der Waals surface area contributed by atoms with E-state index in [2.05, 4.69) is 5.32 Å². The van der Waals surface area contributed by atoms with Crippen LogP contribution in [0, 0.1) is 0 Å². The molecule has 0 amide bonds. The lowest BCUT2D eigenvalue weighted by atomic mass is 10.1. The number of nitrogens with one attached hydrogen (secondary N) is 1. The van der Waals surface area contributed by atoms with E-state index in [4.69, 9.17) is 16.3 Å². The van der Waals surface area contributed by atoms with Crippen LogP contribution in [0.25, 0.3) is 0 Å². The van der Waals surface area contributed by atoms with E-state index in [1.165, 1.54) is 19.3 Å². The van der Waals surface area contributed by atoms with E-state index < -0.39 is 0 Å². The fraction of sp³-hybridized carbons (Fsp3) is 0.538. The van der Waals surface area contributed by atoms with Crippen LogP contribution in [0.1, 0.15) is 24.8 Å². The molecule has 4 heteroatoms. The maximum Gasteiger partial charge on any atom is 0.0718 e. The Bertz CT molecular complexity index is 327. The molecule has 1 heterocycles. The van der Waals surface area contributed by atoms with Crippen LogP contribution in [-0.4, -0.2) is 19.2 Å². The van der Waals surface area contributed by atoms with Gasteiger partial charge in [0, 0.05) is 11.1 Å².